The number of halogens is 3. The molecule has 1 rings (SSSR count). The van der Waals surface area contributed by atoms with Crippen LogP contribution in [0, 0.1) is 0 Å². The summed E-state index contributed by atoms with van der Waals surface area (Å²) < 4.78 is 45.9. The lowest BCUT2D eigenvalue weighted by Crippen LogP contribution is -2.56. The van der Waals surface area contributed by atoms with Crippen LogP contribution in [0.3, 0.4) is 0 Å². The lowest BCUT2D eigenvalue weighted by molar-refractivity contribution is -0.199. The number of aliphatic hydroxyl groups excluding tert-OH is 1. The molecular formula is C17H25F3N2O3. The number of aliphatic hydroxyl groups is 1. The summed E-state index contributed by atoms with van der Waals surface area (Å²) in [5.74, 6) is 0. The average Bonchev–Trinajstić information content (AvgIpc) is 2.49. The third kappa shape index (κ3) is 6.21. The predicted molar refractivity (Wildman–Crippen MR) is 87.8 cm³/mol. The molecule has 0 bridgehead atoms. The number of nitrogens with one attached hydrogen (secondary N) is 1. The highest BCUT2D eigenvalue weighted by molar-refractivity contribution is 5.65. The number of alkyl halides is 3. The number of carbonyl (C=O) groups is 1. The van der Waals surface area contributed by atoms with Crippen LogP contribution < -0.4 is 11.1 Å². The van der Waals surface area contributed by atoms with E-state index in [9.17, 15) is 23.1 Å². The van der Waals surface area contributed by atoms with Crippen LogP contribution in [0.15, 0.2) is 30.3 Å². The number of ether oxygens (including phenoxy) is 1. The Hall–Kier alpha value is -1.80. The lowest BCUT2D eigenvalue weighted by Gasteiger charge is -2.38. The number of rotatable bonds is 8. The van der Waals surface area contributed by atoms with Gasteiger partial charge in [0.1, 0.15) is 11.1 Å². The Bertz CT molecular complexity index is 564. The molecule has 8 heteroatoms. The molecule has 4 N–H and O–H groups in total. The topological polar surface area (TPSA) is 84.6 Å². The number of benzene rings is 1. The Morgan fingerprint density at radius 1 is 1.20 bits per heavy atom. The highest BCUT2D eigenvalue weighted by atomic mass is 19.4. The van der Waals surface area contributed by atoms with Crippen LogP contribution in [0.2, 0.25) is 0 Å². The molecule has 1 aromatic carbocycles. The van der Waals surface area contributed by atoms with Crippen molar-refractivity contribution in [1.82, 2.24) is 5.32 Å². The maximum absolute atomic E-state index is 13.7. The number of nitrogens with two attached hydrogens (primary N) is 1. The van der Waals surface area contributed by atoms with Gasteiger partial charge in [0.15, 0.2) is 0 Å². The smallest absolute Gasteiger partial charge is 0.406 e. The Morgan fingerprint density at radius 2 is 1.76 bits per heavy atom. The van der Waals surface area contributed by atoms with Crippen LogP contribution in [0.1, 0.15) is 45.2 Å². The van der Waals surface area contributed by atoms with Gasteiger partial charge in [-0.2, -0.15) is 13.2 Å². The van der Waals surface area contributed by atoms with Gasteiger partial charge in [-0.1, -0.05) is 30.3 Å². The van der Waals surface area contributed by atoms with Crippen LogP contribution in [0.4, 0.5) is 18.0 Å². The van der Waals surface area contributed by atoms with E-state index in [0.29, 0.717) is 5.56 Å². The zero-order valence-electron chi connectivity index (χ0n) is 14.6. The van der Waals surface area contributed by atoms with Gasteiger partial charge in [0.2, 0.25) is 0 Å². The van der Waals surface area contributed by atoms with Gasteiger partial charge in [-0.25, -0.2) is 4.79 Å². The van der Waals surface area contributed by atoms with Crippen molar-refractivity contribution in [1.29, 1.82) is 0 Å². The van der Waals surface area contributed by atoms with E-state index in [2.05, 4.69) is 5.32 Å². The van der Waals surface area contributed by atoms with Gasteiger partial charge in [0.05, 0.1) is 12.6 Å². The van der Waals surface area contributed by atoms with E-state index in [0.717, 1.165) is 6.92 Å². The summed E-state index contributed by atoms with van der Waals surface area (Å²) in [6.07, 6.45) is -6.03. The maximum atomic E-state index is 13.7. The minimum absolute atomic E-state index is 0.0636. The fourth-order valence-electron chi connectivity index (χ4n) is 2.47. The minimum atomic E-state index is -4.57. The van der Waals surface area contributed by atoms with E-state index in [4.69, 9.17) is 10.5 Å². The molecule has 1 aromatic rings. The van der Waals surface area contributed by atoms with E-state index in [1.54, 1.807) is 30.3 Å². The van der Waals surface area contributed by atoms with E-state index >= 15 is 0 Å². The summed E-state index contributed by atoms with van der Waals surface area (Å²) in [6, 6.07) is 7.52. The summed E-state index contributed by atoms with van der Waals surface area (Å²) in [7, 11) is 0. The molecule has 0 fully saturated rings. The van der Waals surface area contributed by atoms with Gasteiger partial charge in [-0.15, -0.1) is 0 Å². The monoisotopic (exact) mass is 362 g/mol. The van der Waals surface area contributed by atoms with Gasteiger partial charge in [-0.05, 0) is 39.2 Å². The first-order valence-corrected chi connectivity index (χ1v) is 7.89. The number of carbonyl (C=O) groups excluding carboxylic acids is 1. The van der Waals surface area contributed by atoms with E-state index in [-0.39, 0.29) is 12.8 Å². The molecule has 5 nitrogen and oxygen atoms in total. The fraction of sp³-hybridized carbons (Fsp3) is 0.588. The second-order valence-corrected chi connectivity index (χ2v) is 6.80. The zero-order valence-corrected chi connectivity index (χ0v) is 14.6. The highest BCUT2D eigenvalue weighted by Gasteiger charge is 2.52. The van der Waals surface area contributed by atoms with Gasteiger partial charge in [0, 0.05) is 0 Å². The van der Waals surface area contributed by atoms with E-state index in [1.807, 2.05) is 0 Å². The minimum Gasteiger partial charge on any atom is -0.444 e. The molecule has 0 spiro atoms. The molecule has 0 radical (unpaired) electrons. The molecule has 0 saturated carbocycles. The van der Waals surface area contributed by atoms with Crippen LogP contribution in [0.5, 0.6) is 0 Å². The third-order valence-electron chi connectivity index (χ3n) is 4.11. The molecular weight excluding hydrogens is 337 g/mol. The summed E-state index contributed by atoms with van der Waals surface area (Å²) in [5.41, 5.74) is 2.08. The van der Waals surface area contributed by atoms with Crippen molar-refractivity contribution < 1.29 is 27.8 Å². The molecule has 0 heterocycles. The Balaban J connectivity index is 2.97. The molecule has 0 aliphatic carbocycles. The van der Waals surface area contributed by atoms with Crippen LogP contribution in [-0.4, -0.2) is 35.1 Å². The number of primary amides is 1. The molecule has 1 amide bonds. The summed E-state index contributed by atoms with van der Waals surface area (Å²) in [4.78, 5) is 10.9. The molecule has 25 heavy (non-hydrogen) atoms. The quantitative estimate of drug-likeness (QED) is 0.663. The van der Waals surface area contributed by atoms with Crippen LogP contribution in [-0.2, 0) is 4.74 Å². The summed E-state index contributed by atoms with van der Waals surface area (Å²) in [6.45, 7) is 3.53. The second kappa shape index (κ2) is 8.05. The number of hydrogen-bond donors (Lipinski definition) is 3. The van der Waals surface area contributed by atoms with Crippen molar-refractivity contribution in [3.05, 3.63) is 35.9 Å². The molecule has 2 unspecified atom stereocenters. The predicted octanol–water partition coefficient (Wildman–Crippen LogP) is 3.28. The standard InChI is InChI=1S/C17H25F3N2O3/c1-15(2,25-14(21)24)9-10-16(3,17(18,19)20)22-13(11-23)12-7-5-4-6-8-12/h4-8,13,22-23H,9-11H2,1-3H3,(H2,21,24). The first kappa shape index (κ1) is 21.2. The normalized spacial score (nSPS) is 16.1. The molecule has 2 atom stereocenters. The van der Waals surface area contributed by atoms with Crippen molar-refractivity contribution in [2.75, 3.05) is 6.61 Å². The maximum Gasteiger partial charge on any atom is 0.406 e. The Kier molecular flexibility index (Phi) is 6.84. The SMILES string of the molecule is CC(C)(CCC(C)(NC(CO)c1ccccc1)C(F)(F)F)OC(N)=O. The number of amides is 1. The fourth-order valence-corrected chi connectivity index (χ4v) is 2.47. The van der Waals surface area contributed by atoms with E-state index < -0.39 is 36.1 Å². The second-order valence-electron chi connectivity index (χ2n) is 6.80. The highest BCUT2D eigenvalue weighted by Crippen LogP contribution is 2.37. The van der Waals surface area contributed by atoms with Crippen molar-refractivity contribution in [2.45, 2.75) is 57.0 Å². The summed E-state index contributed by atoms with van der Waals surface area (Å²) in [5, 5.41) is 12.1. The molecule has 0 aromatic heterocycles. The zero-order chi connectivity index (χ0) is 19.3. The average molecular weight is 362 g/mol. The van der Waals surface area contributed by atoms with Gasteiger partial charge < -0.3 is 15.6 Å². The van der Waals surface area contributed by atoms with Crippen molar-refractivity contribution in [3.63, 3.8) is 0 Å². The molecule has 0 aliphatic rings. The molecule has 142 valence electrons. The first-order chi connectivity index (χ1) is 11.4. The van der Waals surface area contributed by atoms with Crippen molar-refractivity contribution in [2.24, 2.45) is 5.73 Å². The van der Waals surface area contributed by atoms with E-state index in [1.165, 1.54) is 13.8 Å². The third-order valence-corrected chi connectivity index (χ3v) is 4.11. The number of hydrogen-bond acceptors (Lipinski definition) is 4. The Morgan fingerprint density at radius 3 is 2.20 bits per heavy atom. The van der Waals surface area contributed by atoms with Crippen molar-refractivity contribution >= 4 is 6.09 Å². The first-order valence-electron chi connectivity index (χ1n) is 7.89. The van der Waals surface area contributed by atoms with Gasteiger partial charge in [0.25, 0.3) is 0 Å². The lowest BCUT2D eigenvalue weighted by atomic mass is 9.87. The Labute approximate surface area is 145 Å². The largest absolute Gasteiger partial charge is 0.444 e. The van der Waals surface area contributed by atoms with Gasteiger partial charge in [-0.3, -0.25) is 5.32 Å². The summed E-state index contributed by atoms with van der Waals surface area (Å²) >= 11 is 0. The molecule has 0 saturated heterocycles. The van der Waals surface area contributed by atoms with Crippen LogP contribution in [0.25, 0.3) is 0 Å². The molecule has 0 aliphatic heterocycles. The van der Waals surface area contributed by atoms with Gasteiger partial charge >= 0.3 is 12.3 Å². The van der Waals surface area contributed by atoms with Crippen LogP contribution >= 0.6 is 0 Å². The van der Waals surface area contributed by atoms with Crippen molar-refractivity contribution in [3.8, 4) is 0 Å².